The van der Waals surface area contributed by atoms with Gasteiger partial charge in [0.25, 0.3) is 5.91 Å². The predicted octanol–water partition coefficient (Wildman–Crippen LogP) is 1.71. The van der Waals surface area contributed by atoms with Gasteiger partial charge in [-0.05, 0) is 46.6 Å². The molecule has 0 aromatic carbocycles. The van der Waals surface area contributed by atoms with E-state index in [1.54, 1.807) is 22.6 Å². The van der Waals surface area contributed by atoms with Gasteiger partial charge < -0.3 is 10.2 Å². The van der Waals surface area contributed by atoms with Gasteiger partial charge in [-0.25, -0.2) is 4.63 Å². The molecule has 146 valence electrons. The van der Waals surface area contributed by atoms with Crippen LogP contribution in [0.5, 0.6) is 0 Å². The molecule has 9 nitrogen and oxygen atoms in total. The molecule has 1 atom stereocenters. The van der Waals surface area contributed by atoms with Crippen LogP contribution in [0.3, 0.4) is 0 Å². The lowest BCUT2D eigenvalue weighted by molar-refractivity contribution is -0.132. The van der Waals surface area contributed by atoms with E-state index in [9.17, 15) is 9.59 Å². The van der Waals surface area contributed by atoms with Crippen molar-refractivity contribution in [3.63, 3.8) is 0 Å². The fourth-order valence-corrected chi connectivity index (χ4v) is 3.29. The molecule has 0 aliphatic carbocycles. The van der Waals surface area contributed by atoms with Crippen molar-refractivity contribution < 1.29 is 14.2 Å². The van der Waals surface area contributed by atoms with Gasteiger partial charge in [-0.1, -0.05) is 10.3 Å². The number of hydrogen-bond donors (Lipinski definition) is 1. The lowest BCUT2D eigenvalue weighted by Gasteiger charge is -2.39. The fourth-order valence-electron chi connectivity index (χ4n) is 3.29. The maximum atomic E-state index is 12.8. The highest BCUT2D eigenvalue weighted by Crippen LogP contribution is 2.30. The van der Waals surface area contributed by atoms with E-state index in [1.807, 2.05) is 27.0 Å². The molecule has 2 amide bonds. The zero-order chi connectivity index (χ0) is 19.6. The zero-order valence-corrected chi connectivity index (χ0v) is 16.2. The standard InChI is InChI=1S/C18H26N6O3/c1-12(2)24-9-6-14(20-24)16(25)23-8-5-7-18(4,11-23)17(26)19-10-15-13(3)21-27-22-15/h6,9,12H,5,7-8,10-11H2,1-4H3,(H,19,26)/t18-/m1/s1. The first-order valence-electron chi connectivity index (χ1n) is 9.21. The molecule has 0 radical (unpaired) electrons. The van der Waals surface area contributed by atoms with Gasteiger partial charge in [0.1, 0.15) is 17.1 Å². The first kappa shape index (κ1) is 19.1. The van der Waals surface area contributed by atoms with Crippen LogP contribution in [0.1, 0.15) is 61.5 Å². The van der Waals surface area contributed by atoms with Crippen LogP contribution < -0.4 is 5.32 Å². The van der Waals surface area contributed by atoms with Crippen LogP contribution in [0.25, 0.3) is 0 Å². The van der Waals surface area contributed by atoms with Crippen molar-refractivity contribution in [2.45, 2.75) is 53.1 Å². The SMILES string of the molecule is Cc1nonc1CNC(=O)[C@]1(C)CCCN(C(=O)c2ccn(C(C)C)n2)C1. The third-order valence-electron chi connectivity index (χ3n) is 5.05. The molecular weight excluding hydrogens is 348 g/mol. The van der Waals surface area contributed by atoms with Crippen molar-refractivity contribution >= 4 is 11.8 Å². The number of nitrogens with one attached hydrogen (secondary N) is 1. The topological polar surface area (TPSA) is 106 Å². The van der Waals surface area contributed by atoms with Crippen LogP contribution in [0.4, 0.5) is 0 Å². The molecule has 1 aliphatic rings. The summed E-state index contributed by atoms with van der Waals surface area (Å²) in [5, 5.41) is 14.7. The van der Waals surface area contributed by atoms with E-state index >= 15 is 0 Å². The Morgan fingerprint density at radius 3 is 2.78 bits per heavy atom. The molecule has 1 saturated heterocycles. The van der Waals surface area contributed by atoms with Crippen molar-refractivity contribution in [2.75, 3.05) is 13.1 Å². The van der Waals surface area contributed by atoms with Gasteiger partial charge >= 0.3 is 0 Å². The number of hydrogen-bond acceptors (Lipinski definition) is 6. The van der Waals surface area contributed by atoms with Crippen LogP contribution >= 0.6 is 0 Å². The zero-order valence-electron chi connectivity index (χ0n) is 16.2. The Bertz CT molecular complexity index is 827. The third kappa shape index (κ3) is 4.01. The molecule has 27 heavy (non-hydrogen) atoms. The van der Waals surface area contributed by atoms with Crippen LogP contribution in [0.2, 0.25) is 0 Å². The number of likely N-dealkylation sites (tertiary alicyclic amines) is 1. The second kappa shape index (κ2) is 7.50. The summed E-state index contributed by atoms with van der Waals surface area (Å²) in [4.78, 5) is 27.3. The van der Waals surface area contributed by atoms with Crippen molar-refractivity contribution in [3.05, 3.63) is 29.3 Å². The molecule has 0 unspecified atom stereocenters. The minimum Gasteiger partial charge on any atom is -0.350 e. The van der Waals surface area contributed by atoms with Gasteiger partial charge in [0.2, 0.25) is 5.91 Å². The Kier molecular flexibility index (Phi) is 5.29. The fraction of sp³-hybridized carbons (Fsp3) is 0.611. The predicted molar refractivity (Wildman–Crippen MR) is 96.7 cm³/mol. The van der Waals surface area contributed by atoms with E-state index in [0.29, 0.717) is 30.2 Å². The molecule has 1 N–H and O–H groups in total. The summed E-state index contributed by atoms with van der Waals surface area (Å²) in [5.74, 6) is -0.236. The number of aryl methyl sites for hydroxylation is 1. The monoisotopic (exact) mass is 374 g/mol. The van der Waals surface area contributed by atoms with Crippen LogP contribution in [-0.4, -0.2) is 49.9 Å². The normalized spacial score (nSPS) is 20.1. The average molecular weight is 374 g/mol. The minimum atomic E-state index is -0.653. The number of rotatable bonds is 5. The number of nitrogens with zero attached hydrogens (tertiary/aromatic N) is 5. The molecule has 0 spiro atoms. The van der Waals surface area contributed by atoms with Crippen molar-refractivity contribution in [2.24, 2.45) is 5.41 Å². The van der Waals surface area contributed by atoms with E-state index in [4.69, 9.17) is 0 Å². The summed E-state index contributed by atoms with van der Waals surface area (Å²) >= 11 is 0. The number of carbonyl (C=O) groups is 2. The Morgan fingerprint density at radius 1 is 1.37 bits per heavy atom. The smallest absolute Gasteiger partial charge is 0.274 e. The number of piperidine rings is 1. The van der Waals surface area contributed by atoms with E-state index in [1.165, 1.54) is 0 Å². The Labute approximate surface area is 158 Å². The highest BCUT2D eigenvalue weighted by Gasteiger charge is 2.39. The maximum Gasteiger partial charge on any atom is 0.274 e. The van der Waals surface area contributed by atoms with Gasteiger partial charge in [0, 0.05) is 25.3 Å². The maximum absolute atomic E-state index is 12.8. The summed E-state index contributed by atoms with van der Waals surface area (Å²) in [5.41, 5.74) is 1.02. The van der Waals surface area contributed by atoms with Crippen molar-refractivity contribution in [1.82, 2.24) is 30.3 Å². The summed E-state index contributed by atoms with van der Waals surface area (Å²) in [6.07, 6.45) is 3.30. The molecule has 1 fully saturated rings. The van der Waals surface area contributed by atoms with Gasteiger partial charge in [-0.15, -0.1) is 0 Å². The van der Waals surface area contributed by atoms with Gasteiger partial charge in [-0.2, -0.15) is 5.10 Å². The van der Waals surface area contributed by atoms with Crippen molar-refractivity contribution in [1.29, 1.82) is 0 Å². The van der Waals surface area contributed by atoms with Gasteiger partial charge in [0.05, 0.1) is 12.0 Å². The summed E-state index contributed by atoms with van der Waals surface area (Å²) in [6.45, 7) is 8.94. The molecule has 2 aromatic rings. The summed E-state index contributed by atoms with van der Waals surface area (Å²) < 4.78 is 6.41. The molecule has 0 saturated carbocycles. The van der Waals surface area contributed by atoms with E-state index in [-0.39, 0.29) is 24.4 Å². The van der Waals surface area contributed by atoms with Gasteiger partial charge in [-0.3, -0.25) is 14.3 Å². The number of carbonyl (C=O) groups excluding carboxylic acids is 2. The number of aromatic nitrogens is 4. The van der Waals surface area contributed by atoms with Crippen LogP contribution in [-0.2, 0) is 11.3 Å². The van der Waals surface area contributed by atoms with E-state index < -0.39 is 5.41 Å². The third-order valence-corrected chi connectivity index (χ3v) is 5.05. The Morgan fingerprint density at radius 2 is 2.15 bits per heavy atom. The van der Waals surface area contributed by atoms with Gasteiger partial charge in [0.15, 0.2) is 0 Å². The quantitative estimate of drug-likeness (QED) is 0.854. The van der Waals surface area contributed by atoms with E-state index in [0.717, 1.165) is 12.8 Å². The van der Waals surface area contributed by atoms with Crippen molar-refractivity contribution in [3.8, 4) is 0 Å². The lowest BCUT2D eigenvalue weighted by Crippen LogP contribution is -2.51. The molecule has 3 rings (SSSR count). The highest BCUT2D eigenvalue weighted by atomic mass is 16.6. The van der Waals surface area contributed by atoms with Crippen LogP contribution in [0.15, 0.2) is 16.9 Å². The minimum absolute atomic E-state index is 0.102. The number of amides is 2. The first-order chi connectivity index (χ1) is 12.8. The highest BCUT2D eigenvalue weighted by molar-refractivity contribution is 5.93. The molecule has 3 heterocycles. The largest absolute Gasteiger partial charge is 0.350 e. The molecule has 1 aliphatic heterocycles. The lowest BCUT2D eigenvalue weighted by atomic mass is 9.80. The molecular formula is C18H26N6O3. The Balaban J connectivity index is 1.65. The Hall–Kier alpha value is -2.71. The summed E-state index contributed by atoms with van der Waals surface area (Å²) in [6, 6.07) is 1.92. The second-order valence-corrected chi connectivity index (χ2v) is 7.64. The molecule has 2 aromatic heterocycles. The molecule has 0 bridgehead atoms. The second-order valence-electron chi connectivity index (χ2n) is 7.64. The first-order valence-corrected chi connectivity index (χ1v) is 9.21. The average Bonchev–Trinajstić information content (AvgIpc) is 3.28. The van der Waals surface area contributed by atoms with Crippen LogP contribution in [0, 0.1) is 12.3 Å². The van der Waals surface area contributed by atoms with E-state index in [2.05, 4.69) is 25.4 Å². The molecule has 9 heteroatoms. The summed E-state index contributed by atoms with van der Waals surface area (Å²) in [7, 11) is 0.